The van der Waals surface area contributed by atoms with Crippen molar-refractivity contribution in [1.29, 1.82) is 0 Å². The number of carbonyl (C=O) groups excluding carboxylic acids is 2. The molecular formula is C32H56O3. The van der Waals surface area contributed by atoms with E-state index in [-0.39, 0.29) is 11.8 Å². The summed E-state index contributed by atoms with van der Waals surface area (Å²) in [5.74, 6) is 3.96. The average Bonchev–Trinajstić information content (AvgIpc) is 2.88. The van der Waals surface area contributed by atoms with E-state index in [0.717, 1.165) is 43.4 Å². The van der Waals surface area contributed by atoms with Crippen molar-refractivity contribution in [3.05, 3.63) is 0 Å². The van der Waals surface area contributed by atoms with E-state index in [2.05, 4.69) is 13.8 Å². The van der Waals surface area contributed by atoms with E-state index in [0.29, 0.717) is 31.3 Å². The highest BCUT2D eigenvalue weighted by atomic mass is 16.5. The highest BCUT2D eigenvalue weighted by Crippen LogP contribution is 2.47. The Morgan fingerprint density at radius 1 is 0.743 bits per heavy atom. The summed E-state index contributed by atoms with van der Waals surface area (Å²) in [4.78, 5) is 25.7. The fourth-order valence-corrected chi connectivity index (χ4v) is 7.55. The van der Waals surface area contributed by atoms with Gasteiger partial charge in [0.2, 0.25) is 0 Å². The van der Waals surface area contributed by atoms with Crippen molar-refractivity contribution < 1.29 is 14.3 Å². The molecule has 3 saturated carbocycles. The maximum Gasteiger partial charge on any atom is 0.319 e. The van der Waals surface area contributed by atoms with Crippen LogP contribution in [0.3, 0.4) is 0 Å². The van der Waals surface area contributed by atoms with Crippen molar-refractivity contribution in [2.24, 2.45) is 35.0 Å². The zero-order chi connectivity index (χ0) is 25.1. The number of rotatable bonds is 13. The van der Waals surface area contributed by atoms with Crippen LogP contribution in [0, 0.1) is 35.0 Å². The number of unbranched alkanes of at least 4 members (excludes halogenated alkanes) is 6. The van der Waals surface area contributed by atoms with Crippen molar-refractivity contribution in [3.63, 3.8) is 0 Å². The van der Waals surface area contributed by atoms with E-state index in [9.17, 15) is 9.59 Å². The summed E-state index contributed by atoms with van der Waals surface area (Å²) in [6.45, 7) is 6.74. The van der Waals surface area contributed by atoms with Gasteiger partial charge in [-0.2, -0.15) is 0 Å². The molecule has 3 fully saturated rings. The van der Waals surface area contributed by atoms with Gasteiger partial charge in [-0.05, 0) is 94.3 Å². The second-order valence-corrected chi connectivity index (χ2v) is 12.8. The number of Topliss-reactive ketones (excluding diaryl/α,β-unsaturated/α-hetero) is 1. The van der Waals surface area contributed by atoms with Crippen molar-refractivity contribution in [3.8, 4) is 0 Å². The van der Waals surface area contributed by atoms with Gasteiger partial charge in [-0.1, -0.05) is 78.1 Å². The first-order valence-corrected chi connectivity index (χ1v) is 15.7. The van der Waals surface area contributed by atoms with Gasteiger partial charge in [-0.15, -0.1) is 0 Å². The molecule has 202 valence electrons. The minimum absolute atomic E-state index is 0.143. The van der Waals surface area contributed by atoms with E-state index in [1.165, 1.54) is 89.9 Å². The second-order valence-electron chi connectivity index (χ2n) is 12.8. The second kappa shape index (κ2) is 14.8. The molecule has 2 atom stereocenters. The van der Waals surface area contributed by atoms with E-state index in [4.69, 9.17) is 4.74 Å². The Bertz CT molecular complexity index is 627. The maximum atomic E-state index is 13.1. The molecule has 3 aliphatic rings. The molecule has 0 spiro atoms. The third-order valence-corrected chi connectivity index (χ3v) is 10.3. The quantitative estimate of drug-likeness (QED) is 0.147. The topological polar surface area (TPSA) is 43.4 Å². The molecule has 3 aliphatic carbocycles. The molecule has 0 N–H and O–H groups in total. The average molecular weight is 489 g/mol. The lowest BCUT2D eigenvalue weighted by molar-refractivity contribution is -0.162. The van der Waals surface area contributed by atoms with E-state index >= 15 is 0 Å². The first-order valence-electron chi connectivity index (χ1n) is 15.7. The van der Waals surface area contributed by atoms with Crippen LogP contribution in [0.25, 0.3) is 0 Å². The van der Waals surface area contributed by atoms with Crippen LogP contribution in [0.4, 0.5) is 0 Å². The van der Waals surface area contributed by atoms with E-state index < -0.39 is 5.41 Å². The van der Waals surface area contributed by atoms with Crippen LogP contribution in [0.1, 0.15) is 149 Å². The van der Waals surface area contributed by atoms with Crippen LogP contribution >= 0.6 is 0 Å². The molecule has 3 nitrogen and oxygen atoms in total. The minimum atomic E-state index is -0.894. The molecule has 35 heavy (non-hydrogen) atoms. The molecule has 0 radical (unpaired) electrons. The number of esters is 1. The van der Waals surface area contributed by atoms with Gasteiger partial charge in [0.1, 0.15) is 11.2 Å². The molecule has 0 bridgehead atoms. The lowest BCUT2D eigenvalue weighted by Crippen LogP contribution is -2.44. The van der Waals surface area contributed by atoms with Gasteiger partial charge in [0, 0.05) is 6.42 Å². The van der Waals surface area contributed by atoms with Crippen molar-refractivity contribution >= 4 is 11.8 Å². The highest BCUT2D eigenvalue weighted by molar-refractivity contribution is 6.04. The first-order chi connectivity index (χ1) is 17.0. The standard InChI is InChI=1S/C32H56O3/c1-4-6-8-9-10-12-25-13-15-26(16-14-25)27-17-19-28(20-18-27)29-21-22-32(3,30(33)24-29)31(34)35-23-11-7-5-2/h25-29H,4-24H2,1-3H3/t25?,26?,27?,28?,29?,32-/m0/s1. The number of ketones is 1. The number of hydrogen-bond acceptors (Lipinski definition) is 3. The Labute approximate surface area is 216 Å². The third kappa shape index (κ3) is 8.32. The monoisotopic (exact) mass is 488 g/mol. The lowest BCUT2D eigenvalue weighted by Gasteiger charge is -2.42. The van der Waals surface area contributed by atoms with Crippen LogP contribution in [0.2, 0.25) is 0 Å². The summed E-state index contributed by atoms with van der Waals surface area (Å²) in [6.07, 6.45) is 25.2. The Balaban J connectivity index is 1.34. The summed E-state index contributed by atoms with van der Waals surface area (Å²) in [6, 6.07) is 0. The van der Waals surface area contributed by atoms with Crippen LogP contribution in [0.5, 0.6) is 0 Å². The first kappa shape index (κ1) is 28.7. The Hall–Kier alpha value is -0.860. The molecule has 0 aliphatic heterocycles. The van der Waals surface area contributed by atoms with Gasteiger partial charge in [-0.3, -0.25) is 9.59 Å². The normalized spacial score (nSPS) is 34.0. The van der Waals surface area contributed by atoms with Crippen molar-refractivity contribution in [2.75, 3.05) is 6.61 Å². The fourth-order valence-electron chi connectivity index (χ4n) is 7.55. The van der Waals surface area contributed by atoms with Crippen LogP contribution < -0.4 is 0 Å². The zero-order valence-corrected chi connectivity index (χ0v) is 23.5. The molecule has 3 rings (SSSR count). The molecule has 0 aromatic rings. The summed E-state index contributed by atoms with van der Waals surface area (Å²) < 4.78 is 5.50. The van der Waals surface area contributed by atoms with Crippen LogP contribution in [-0.2, 0) is 14.3 Å². The SMILES string of the molecule is CCCCCCCC1CCC(C2CCC(C3CC[C@](C)(C(=O)OCCCCC)C(=O)C3)CC2)CC1. The summed E-state index contributed by atoms with van der Waals surface area (Å²) in [5, 5.41) is 0. The van der Waals surface area contributed by atoms with Crippen molar-refractivity contribution in [2.45, 2.75) is 149 Å². The van der Waals surface area contributed by atoms with Gasteiger partial charge < -0.3 is 4.74 Å². The Kier molecular flexibility index (Phi) is 12.1. The largest absolute Gasteiger partial charge is 0.465 e. The van der Waals surface area contributed by atoms with E-state index in [1.54, 1.807) is 0 Å². The Morgan fingerprint density at radius 3 is 1.89 bits per heavy atom. The summed E-state index contributed by atoms with van der Waals surface area (Å²) in [5.41, 5.74) is -0.894. The van der Waals surface area contributed by atoms with Gasteiger partial charge in [0.15, 0.2) is 0 Å². The van der Waals surface area contributed by atoms with Crippen LogP contribution in [-0.4, -0.2) is 18.4 Å². The predicted molar refractivity (Wildman–Crippen MR) is 145 cm³/mol. The zero-order valence-electron chi connectivity index (χ0n) is 23.5. The van der Waals surface area contributed by atoms with Gasteiger partial charge in [-0.25, -0.2) is 0 Å². The van der Waals surface area contributed by atoms with Crippen molar-refractivity contribution in [1.82, 2.24) is 0 Å². The molecule has 3 heteroatoms. The summed E-state index contributed by atoms with van der Waals surface area (Å²) in [7, 11) is 0. The molecule has 1 unspecified atom stereocenters. The lowest BCUT2D eigenvalue weighted by atomic mass is 9.62. The molecule has 0 amide bonds. The van der Waals surface area contributed by atoms with E-state index in [1.807, 2.05) is 6.92 Å². The smallest absolute Gasteiger partial charge is 0.319 e. The number of hydrogen-bond donors (Lipinski definition) is 0. The fraction of sp³-hybridized carbons (Fsp3) is 0.938. The number of carbonyl (C=O) groups is 2. The molecule has 0 aromatic carbocycles. The van der Waals surface area contributed by atoms with Gasteiger partial charge >= 0.3 is 5.97 Å². The predicted octanol–water partition coefficient (Wildman–Crippen LogP) is 9.07. The summed E-state index contributed by atoms with van der Waals surface area (Å²) >= 11 is 0. The molecule has 0 saturated heterocycles. The van der Waals surface area contributed by atoms with Crippen LogP contribution in [0.15, 0.2) is 0 Å². The molecular weight excluding hydrogens is 432 g/mol. The molecule has 0 aromatic heterocycles. The minimum Gasteiger partial charge on any atom is -0.465 e. The Morgan fingerprint density at radius 2 is 1.29 bits per heavy atom. The molecule has 0 heterocycles. The highest BCUT2D eigenvalue weighted by Gasteiger charge is 2.47. The van der Waals surface area contributed by atoms with Gasteiger partial charge in [0.05, 0.1) is 6.61 Å². The maximum absolute atomic E-state index is 13.1. The third-order valence-electron chi connectivity index (χ3n) is 10.3. The van der Waals surface area contributed by atoms with Gasteiger partial charge in [0.25, 0.3) is 0 Å². The number of ether oxygens (including phenoxy) is 1.